The van der Waals surface area contributed by atoms with Gasteiger partial charge in [0.25, 0.3) is 5.91 Å². The van der Waals surface area contributed by atoms with Crippen LogP contribution >= 0.6 is 12.2 Å². The number of hydrogen-bond donors (Lipinski definition) is 2. The molecule has 1 saturated heterocycles. The molecular weight excluding hydrogens is 308 g/mol. The number of thiocarbonyl (C=S) groups is 1. The minimum Gasteiger partial charge on any atom is -0.396 e. The molecular formula is C18H18N2O2S. The second-order valence-electron chi connectivity index (χ2n) is 5.45. The molecule has 23 heavy (non-hydrogen) atoms. The number of amides is 1. The molecule has 0 unspecified atom stereocenters. The average molecular weight is 326 g/mol. The first kappa shape index (κ1) is 15.6. The first-order chi connectivity index (χ1) is 11.2. The molecule has 2 aromatic carbocycles. The normalized spacial score (nSPS) is 16.5. The highest BCUT2D eigenvalue weighted by Crippen LogP contribution is 2.35. The summed E-state index contributed by atoms with van der Waals surface area (Å²) in [5.74, 6) is -0.103. The maximum absolute atomic E-state index is 13.2. The van der Waals surface area contributed by atoms with Crippen LogP contribution in [0.25, 0.3) is 0 Å². The van der Waals surface area contributed by atoms with Crippen LogP contribution in [0.5, 0.6) is 0 Å². The second kappa shape index (κ2) is 6.48. The Hall–Kier alpha value is -2.24. The fourth-order valence-electron chi connectivity index (χ4n) is 2.94. The van der Waals surface area contributed by atoms with Crippen molar-refractivity contribution in [3.05, 3.63) is 71.8 Å². The van der Waals surface area contributed by atoms with Crippen LogP contribution in [0.4, 0.5) is 0 Å². The van der Waals surface area contributed by atoms with Crippen molar-refractivity contribution in [3.8, 4) is 0 Å². The highest BCUT2D eigenvalue weighted by molar-refractivity contribution is 7.80. The summed E-state index contributed by atoms with van der Waals surface area (Å²) in [7, 11) is 0. The Bertz CT molecular complexity index is 664. The van der Waals surface area contributed by atoms with E-state index in [1.54, 1.807) is 4.90 Å². The lowest BCUT2D eigenvalue weighted by atomic mass is 9.82. The number of carbonyl (C=O) groups excluding carboxylic acids is 1. The Labute approximate surface area is 140 Å². The van der Waals surface area contributed by atoms with E-state index in [1.807, 2.05) is 60.7 Å². The predicted molar refractivity (Wildman–Crippen MR) is 92.8 cm³/mol. The smallest absolute Gasteiger partial charge is 0.263 e. The summed E-state index contributed by atoms with van der Waals surface area (Å²) < 4.78 is 0. The molecule has 1 amide bonds. The van der Waals surface area contributed by atoms with Crippen LogP contribution in [-0.4, -0.2) is 34.2 Å². The third-order valence-corrected chi connectivity index (χ3v) is 4.38. The minimum atomic E-state index is -1.00. The molecule has 1 fully saturated rings. The summed E-state index contributed by atoms with van der Waals surface area (Å²) in [5.41, 5.74) is 0.699. The summed E-state index contributed by atoms with van der Waals surface area (Å²) in [6.45, 7) is 0.429. The number of aliphatic hydroxyl groups is 1. The zero-order valence-corrected chi connectivity index (χ0v) is 13.4. The Balaban J connectivity index is 2.12. The van der Waals surface area contributed by atoms with Gasteiger partial charge in [0, 0.05) is 13.2 Å². The quantitative estimate of drug-likeness (QED) is 0.826. The van der Waals surface area contributed by atoms with Crippen molar-refractivity contribution in [2.45, 2.75) is 12.0 Å². The largest absolute Gasteiger partial charge is 0.396 e. The van der Waals surface area contributed by atoms with Gasteiger partial charge in [-0.2, -0.15) is 0 Å². The Kier molecular flexibility index (Phi) is 4.41. The molecule has 0 radical (unpaired) electrons. The third kappa shape index (κ3) is 2.62. The predicted octanol–water partition coefficient (Wildman–Crippen LogP) is 2.03. The Morgan fingerprint density at radius 3 is 2.00 bits per heavy atom. The van der Waals surface area contributed by atoms with Crippen molar-refractivity contribution in [3.63, 3.8) is 0 Å². The monoisotopic (exact) mass is 326 g/mol. The van der Waals surface area contributed by atoms with E-state index in [9.17, 15) is 4.79 Å². The van der Waals surface area contributed by atoms with E-state index in [0.717, 1.165) is 11.1 Å². The highest BCUT2D eigenvalue weighted by atomic mass is 32.1. The van der Waals surface area contributed by atoms with Crippen LogP contribution in [0.1, 0.15) is 17.5 Å². The van der Waals surface area contributed by atoms with Crippen LogP contribution in [0.2, 0.25) is 0 Å². The van der Waals surface area contributed by atoms with Crippen molar-refractivity contribution in [1.82, 2.24) is 10.2 Å². The summed E-state index contributed by atoms with van der Waals surface area (Å²) in [6, 6.07) is 19.2. The number of aliphatic hydroxyl groups excluding tert-OH is 1. The lowest BCUT2D eigenvalue weighted by molar-refractivity contribution is -0.130. The molecule has 0 atom stereocenters. The number of nitrogens with one attached hydrogen (secondary N) is 1. The lowest BCUT2D eigenvalue weighted by Gasteiger charge is -2.28. The molecule has 4 nitrogen and oxygen atoms in total. The van der Waals surface area contributed by atoms with Crippen molar-refractivity contribution in [2.24, 2.45) is 0 Å². The first-order valence-electron chi connectivity index (χ1n) is 7.56. The zero-order chi connectivity index (χ0) is 16.3. The van der Waals surface area contributed by atoms with Crippen LogP contribution in [0.15, 0.2) is 60.7 Å². The van der Waals surface area contributed by atoms with Crippen molar-refractivity contribution in [2.75, 3.05) is 13.2 Å². The topological polar surface area (TPSA) is 52.6 Å². The SMILES string of the molecule is O=C1N(CCCO)C(=S)NC1(c1ccccc1)c1ccccc1. The molecule has 0 saturated carbocycles. The van der Waals surface area contributed by atoms with Gasteiger partial charge in [-0.05, 0) is 29.8 Å². The molecule has 5 heteroatoms. The molecule has 1 heterocycles. The molecule has 2 N–H and O–H groups in total. The molecule has 0 bridgehead atoms. The van der Waals surface area contributed by atoms with E-state index >= 15 is 0 Å². The molecule has 3 rings (SSSR count). The zero-order valence-electron chi connectivity index (χ0n) is 12.6. The molecule has 0 aliphatic carbocycles. The van der Waals surface area contributed by atoms with Gasteiger partial charge in [-0.25, -0.2) is 0 Å². The van der Waals surface area contributed by atoms with Gasteiger partial charge in [0.05, 0.1) is 0 Å². The van der Waals surface area contributed by atoms with Gasteiger partial charge in [-0.3, -0.25) is 9.69 Å². The van der Waals surface area contributed by atoms with Gasteiger partial charge in [-0.15, -0.1) is 0 Å². The summed E-state index contributed by atoms with van der Waals surface area (Å²) in [4.78, 5) is 14.8. The molecule has 118 valence electrons. The fraction of sp³-hybridized carbons (Fsp3) is 0.222. The molecule has 0 spiro atoms. The number of hydrogen-bond acceptors (Lipinski definition) is 3. The molecule has 1 aliphatic heterocycles. The minimum absolute atomic E-state index is 0.0239. The van der Waals surface area contributed by atoms with E-state index in [2.05, 4.69) is 5.32 Å². The summed E-state index contributed by atoms with van der Waals surface area (Å²) in [5, 5.41) is 12.7. The fourth-order valence-corrected chi connectivity index (χ4v) is 3.27. The maximum Gasteiger partial charge on any atom is 0.263 e. The van der Waals surface area contributed by atoms with Crippen molar-refractivity contribution >= 4 is 23.2 Å². The Morgan fingerprint density at radius 1 is 1.00 bits per heavy atom. The number of rotatable bonds is 5. The van der Waals surface area contributed by atoms with Gasteiger partial charge < -0.3 is 10.4 Å². The lowest BCUT2D eigenvalue weighted by Crippen LogP contribution is -2.45. The molecule has 0 aromatic heterocycles. The van der Waals surface area contributed by atoms with E-state index in [-0.39, 0.29) is 12.5 Å². The number of carbonyl (C=O) groups is 1. The van der Waals surface area contributed by atoms with E-state index in [1.165, 1.54) is 0 Å². The average Bonchev–Trinajstić information content (AvgIpc) is 2.86. The van der Waals surface area contributed by atoms with Crippen molar-refractivity contribution in [1.29, 1.82) is 0 Å². The van der Waals surface area contributed by atoms with Gasteiger partial charge in [0.1, 0.15) is 0 Å². The first-order valence-corrected chi connectivity index (χ1v) is 7.97. The van der Waals surface area contributed by atoms with E-state index < -0.39 is 5.54 Å². The number of benzene rings is 2. The highest BCUT2D eigenvalue weighted by Gasteiger charge is 2.51. The van der Waals surface area contributed by atoms with Crippen LogP contribution < -0.4 is 5.32 Å². The van der Waals surface area contributed by atoms with Crippen LogP contribution in [0.3, 0.4) is 0 Å². The van der Waals surface area contributed by atoms with E-state index in [4.69, 9.17) is 17.3 Å². The standard InChI is InChI=1S/C18H18N2O2S/c21-13-7-12-20-16(22)18(19-17(20)23,14-8-3-1-4-9-14)15-10-5-2-6-11-15/h1-6,8-11,21H,7,12-13H2,(H,19,23). The van der Waals surface area contributed by atoms with E-state index in [0.29, 0.717) is 18.1 Å². The van der Waals surface area contributed by atoms with Crippen LogP contribution in [0, 0.1) is 0 Å². The maximum atomic E-state index is 13.2. The van der Waals surface area contributed by atoms with Gasteiger partial charge in [-0.1, -0.05) is 60.7 Å². The molecule has 2 aromatic rings. The second-order valence-corrected chi connectivity index (χ2v) is 5.83. The Morgan fingerprint density at radius 2 is 1.52 bits per heavy atom. The van der Waals surface area contributed by atoms with Crippen LogP contribution in [-0.2, 0) is 10.3 Å². The molecule has 1 aliphatic rings. The number of nitrogens with zero attached hydrogens (tertiary/aromatic N) is 1. The third-order valence-electron chi connectivity index (χ3n) is 4.06. The van der Waals surface area contributed by atoms with Gasteiger partial charge >= 0.3 is 0 Å². The van der Waals surface area contributed by atoms with Crippen molar-refractivity contribution < 1.29 is 9.90 Å². The van der Waals surface area contributed by atoms with Gasteiger partial charge in [0.15, 0.2) is 10.7 Å². The van der Waals surface area contributed by atoms with Gasteiger partial charge in [0.2, 0.25) is 0 Å². The summed E-state index contributed by atoms with van der Waals surface area (Å²) >= 11 is 5.39. The summed E-state index contributed by atoms with van der Waals surface area (Å²) in [6.07, 6.45) is 0.493.